The Morgan fingerprint density at radius 1 is 1.18 bits per heavy atom. The molecule has 0 unspecified atom stereocenters. The molecule has 1 saturated heterocycles. The van der Waals surface area contributed by atoms with Gasteiger partial charge in [-0.3, -0.25) is 14.9 Å². The van der Waals surface area contributed by atoms with Gasteiger partial charge in [0.15, 0.2) is 5.82 Å². The van der Waals surface area contributed by atoms with Crippen molar-refractivity contribution in [3.8, 4) is 11.8 Å². The van der Waals surface area contributed by atoms with Crippen molar-refractivity contribution in [1.29, 1.82) is 0 Å². The molecule has 0 bridgehead atoms. The number of methoxy groups -OCH3 is 1. The Balaban J connectivity index is 1.58. The molecule has 1 aromatic heterocycles. The van der Waals surface area contributed by atoms with Gasteiger partial charge in [-0.15, -0.1) is 0 Å². The molecule has 2 aliphatic rings. The van der Waals surface area contributed by atoms with Gasteiger partial charge in [-0.2, -0.15) is 4.39 Å². The molecule has 0 radical (unpaired) electrons. The predicted octanol–water partition coefficient (Wildman–Crippen LogP) is 3.30. The molecule has 10 heteroatoms. The maximum atomic E-state index is 14.6. The minimum absolute atomic E-state index is 0.00862. The van der Waals surface area contributed by atoms with Crippen LogP contribution in [-0.2, 0) is 16.0 Å². The fourth-order valence-electron chi connectivity index (χ4n) is 6.30. The molecule has 9 nitrogen and oxygen atoms in total. The molecule has 1 aliphatic carbocycles. The lowest BCUT2D eigenvalue weighted by atomic mass is 9.88. The number of benzene rings is 1. The van der Waals surface area contributed by atoms with Crippen LogP contribution in [-0.4, -0.2) is 99.7 Å². The highest BCUT2D eigenvalue weighted by Crippen LogP contribution is 2.33. The van der Waals surface area contributed by atoms with Crippen LogP contribution in [0.2, 0.25) is 0 Å². The highest BCUT2D eigenvalue weighted by atomic mass is 19.1. The molecule has 0 spiro atoms. The van der Waals surface area contributed by atoms with Gasteiger partial charge in [0.2, 0.25) is 6.20 Å². The molecule has 44 heavy (non-hydrogen) atoms. The third-order valence-corrected chi connectivity index (χ3v) is 8.94. The number of rotatable bonds is 11. The summed E-state index contributed by atoms with van der Waals surface area (Å²) in [6.45, 7) is 11.9. The van der Waals surface area contributed by atoms with E-state index in [0.29, 0.717) is 43.0 Å². The summed E-state index contributed by atoms with van der Waals surface area (Å²) in [6, 6.07) is 6.17. The van der Waals surface area contributed by atoms with Crippen molar-refractivity contribution >= 4 is 11.6 Å². The highest BCUT2D eigenvalue weighted by molar-refractivity contribution is 5.97. The Hall–Kier alpha value is -3.23. The van der Waals surface area contributed by atoms with Crippen molar-refractivity contribution in [2.24, 2.45) is 0 Å². The number of aromatic nitrogens is 1. The van der Waals surface area contributed by atoms with Crippen molar-refractivity contribution in [3.05, 3.63) is 58.2 Å². The second-order valence-electron chi connectivity index (χ2n) is 11.9. The molecule has 0 atom stereocenters. The molecule has 4 rings (SSSR count). The number of carbonyl (C=O) groups is 1. The summed E-state index contributed by atoms with van der Waals surface area (Å²) in [5.41, 5.74) is 3.72. The molecule has 2 heterocycles. The molecule has 1 saturated carbocycles. The highest BCUT2D eigenvalue weighted by Gasteiger charge is 2.29. The maximum Gasteiger partial charge on any atom is 0.288 e. The van der Waals surface area contributed by atoms with E-state index >= 15 is 0 Å². The number of aryl methyl sites for hydroxylation is 1. The summed E-state index contributed by atoms with van der Waals surface area (Å²) >= 11 is 0. The summed E-state index contributed by atoms with van der Waals surface area (Å²) in [6.07, 6.45) is 5.76. The zero-order valence-electron chi connectivity index (χ0n) is 27.0. The number of likely N-dealkylation sites (N-methyl/N-ethyl adjacent to an activating group) is 1. The fourth-order valence-corrected chi connectivity index (χ4v) is 6.30. The summed E-state index contributed by atoms with van der Waals surface area (Å²) in [5, 5.41) is 13.1. The Kier molecular flexibility index (Phi) is 12.4. The van der Waals surface area contributed by atoms with Crippen molar-refractivity contribution in [1.82, 2.24) is 15.1 Å². The van der Waals surface area contributed by atoms with Crippen molar-refractivity contribution in [3.63, 3.8) is 0 Å². The van der Waals surface area contributed by atoms with E-state index in [4.69, 9.17) is 9.47 Å². The minimum atomic E-state index is -0.575. The first-order valence-corrected chi connectivity index (χ1v) is 15.8. The van der Waals surface area contributed by atoms with Crippen LogP contribution in [0.4, 0.5) is 10.1 Å². The molecule has 2 aromatic rings. The second-order valence-corrected chi connectivity index (χ2v) is 11.9. The molecular formula is C34H49FN5O4+. The molecule has 1 amide bonds. The van der Waals surface area contributed by atoms with Crippen LogP contribution >= 0.6 is 0 Å². The smallest absolute Gasteiger partial charge is 0.288 e. The third kappa shape index (κ3) is 8.69. The van der Waals surface area contributed by atoms with Gasteiger partial charge in [0, 0.05) is 72.5 Å². The number of pyridine rings is 1. The van der Waals surface area contributed by atoms with E-state index in [2.05, 4.69) is 51.9 Å². The largest absolute Gasteiger partial charge is 0.383 e. The molecular weight excluding hydrogens is 561 g/mol. The number of amides is 1. The number of halogens is 1. The lowest BCUT2D eigenvalue weighted by Crippen LogP contribution is -2.44. The first-order valence-electron chi connectivity index (χ1n) is 15.8. The Bertz CT molecular complexity index is 1310. The lowest BCUT2D eigenvalue weighted by molar-refractivity contribution is -0.910. The Morgan fingerprint density at radius 3 is 2.55 bits per heavy atom. The summed E-state index contributed by atoms with van der Waals surface area (Å²) < 4.78 is 26.1. The monoisotopic (exact) mass is 610 g/mol. The fraction of sp³-hybridized carbons (Fsp3) is 0.588. The summed E-state index contributed by atoms with van der Waals surface area (Å²) in [7, 11) is 3.92. The average Bonchev–Trinajstić information content (AvgIpc) is 3.01. The van der Waals surface area contributed by atoms with Crippen molar-refractivity contribution < 1.29 is 28.6 Å². The van der Waals surface area contributed by atoms with Gasteiger partial charge in [-0.1, -0.05) is 11.8 Å². The first kappa shape index (κ1) is 33.7. The van der Waals surface area contributed by atoms with Gasteiger partial charge >= 0.3 is 0 Å². The van der Waals surface area contributed by atoms with Gasteiger partial charge in [0.1, 0.15) is 6.54 Å². The van der Waals surface area contributed by atoms with Gasteiger partial charge in [0.25, 0.3) is 11.6 Å². The quantitative estimate of drug-likeness (QED) is 0.230. The molecule has 1 aliphatic heterocycles. The standard InChI is InChI=1S/C34H48FN5O4/c1-6-39(29-11-9-28(10-12-29)37(4)14-17-43-5)32-22-27(8-7-13-38-15-18-44-19-16-38)21-30(26(32)3)34(41)36-23-33-31(35)20-25(2)24-40(33)42/h20-22,24,28-29H,6,9-19,23H2,1-5H3,(H-,36,41,42)/p+1. The van der Waals surface area contributed by atoms with E-state index in [-0.39, 0.29) is 18.1 Å². The van der Waals surface area contributed by atoms with Gasteiger partial charge in [-0.05, 0) is 77.3 Å². The van der Waals surface area contributed by atoms with Crippen LogP contribution in [0.5, 0.6) is 0 Å². The number of nitrogens with zero attached hydrogens (tertiary/aromatic N) is 4. The van der Waals surface area contributed by atoms with Gasteiger partial charge < -0.3 is 24.6 Å². The van der Waals surface area contributed by atoms with E-state index < -0.39 is 5.82 Å². The number of morpholine rings is 1. The van der Waals surface area contributed by atoms with Crippen LogP contribution in [0.1, 0.15) is 65.3 Å². The zero-order chi connectivity index (χ0) is 31.6. The van der Waals surface area contributed by atoms with Crippen molar-refractivity contribution in [2.75, 3.05) is 71.6 Å². The van der Waals surface area contributed by atoms with E-state index in [1.165, 1.54) is 12.3 Å². The normalized spacial score (nSPS) is 19.0. The van der Waals surface area contributed by atoms with Crippen LogP contribution < -0.4 is 14.9 Å². The predicted molar refractivity (Wildman–Crippen MR) is 169 cm³/mol. The minimum Gasteiger partial charge on any atom is -0.383 e. The maximum absolute atomic E-state index is 14.6. The van der Waals surface area contributed by atoms with Crippen LogP contribution in [0.25, 0.3) is 0 Å². The number of ether oxygens (including phenoxy) is 2. The molecule has 2 N–H and O–H groups in total. The number of hydrogen-bond donors (Lipinski definition) is 2. The zero-order valence-corrected chi connectivity index (χ0v) is 27.0. The molecule has 240 valence electrons. The topological polar surface area (TPSA) is 81.4 Å². The Morgan fingerprint density at radius 2 is 1.89 bits per heavy atom. The van der Waals surface area contributed by atoms with E-state index in [1.807, 2.05) is 13.0 Å². The van der Waals surface area contributed by atoms with E-state index in [9.17, 15) is 14.4 Å². The van der Waals surface area contributed by atoms with E-state index in [1.54, 1.807) is 14.0 Å². The second kappa shape index (κ2) is 16.2. The van der Waals surface area contributed by atoms with Gasteiger partial charge in [-0.25, -0.2) is 0 Å². The summed E-state index contributed by atoms with van der Waals surface area (Å²) in [4.78, 5) is 20.7. The number of anilines is 1. The first-order chi connectivity index (χ1) is 21.2. The van der Waals surface area contributed by atoms with Crippen LogP contribution in [0.15, 0.2) is 24.4 Å². The summed E-state index contributed by atoms with van der Waals surface area (Å²) in [5.74, 6) is 5.71. The number of carbonyl (C=O) groups excluding carboxylic acids is 1. The molecule has 1 aromatic carbocycles. The van der Waals surface area contributed by atoms with Gasteiger partial charge in [0.05, 0.1) is 26.4 Å². The Labute approximate surface area is 261 Å². The van der Waals surface area contributed by atoms with Crippen LogP contribution in [0.3, 0.4) is 0 Å². The average molecular weight is 611 g/mol. The number of hydrogen-bond acceptors (Lipinski definition) is 7. The number of nitrogens with one attached hydrogen (secondary N) is 1. The van der Waals surface area contributed by atoms with Crippen molar-refractivity contribution in [2.45, 2.75) is 65.1 Å². The SMILES string of the molecule is CCN(c1cc(C#CCN2CCOCC2)cc(C(=O)NCc2c(F)cc(C)c[n+]2O)c1C)C1CCC(N(C)CCOC)CC1. The third-order valence-electron chi connectivity index (χ3n) is 8.94. The van der Waals surface area contributed by atoms with Crippen LogP contribution in [0, 0.1) is 31.5 Å². The van der Waals surface area contributed by atoms with E-state index in [0.717, 1.165) is 80.0 Å². The molecule has 2 fully saturated rings. The lowest BCUT2D eigenvalue weighted by Gasteiger charge is -2.41.